The smallest absolute Gasteiger partial charge is 0.293 e. The van der Waals surface area contributed by atoms with Gasteiger partial charge in [0.15, 0.2) is 20.7 Å². The summed E-state index contributed by atoms with van der Waals surface area (Å²) >= 11 is 1.29. The molecule has 0 saturated heterocycles. The summed E-state index contributed by atoms with van der Waals surface area (Å²) in [5.74, 6) is -0.933. The molecule has 2 N–H and O–H groups in total. The first-order chi connectivity index (χ1) is 15.9. The second kappa shape index (κ2) is 8.34. The van der Waals surface area contributed by atoms with E-state index in [2.05, 4.69) is 15.3 Å². The zero-order valence-corrected chi connectivity index (χ0v) is 19.2. The number of para-hydroxylation sites is 1. The maximum absolute atomic E-state index is 12.9. The molecule has 0 radical (unpaired) electrons. The Bertz CT molecular complexity index is 1560. The molecule has 7 nitrogen and oxygen atoms in total. The maximum Gasteiger partial charge on any atom is 0.293 e. The van der Waals surface area contributed by atoms with Crippen molar-refractivity contribution >= 4 is 43.1 Å². The summed E-state index contributed by atoms with van der Waals surface area (Å²) in [7, 11) is -3.62. The van der Waals surface area contributed by atoms with Crippen LogP contribution in [0.5, 0.6) is 0 Å². The molecular weight excluding hydrogens is 458 g/mol. The molecule has 0 spiro atoms. The lowest BCUT2D eigenvalue weighted by atomic mass is 10.1. The SMILES string of the molecule is Cc1[nH]c2ccccc2c1-c1csc(NC(=O)c2occc2CS(=O)(=O)c2ccccc2)n1. The van der Waals surface area contributed by atoms with Crippen LogP contribution in [0, 0.1) is 6.92 Å². The first kappa shape index (κ1) is 21.2. The first-order valence-electron chi connectivity index (χ1n) is 10.1. The van der Waals surface area contributed by atoms with Gasteiger partial charge in [0.25, 0.3) is 5.91 Å². The highest BCUT2D eigenvalue weighted by molar-refractivity contribution is 7.90. The van der Waals surface area contributed by atoms with Gasteiger partial charge in [-0.3, -0.25) is 10.1 Å². The van der Waals surface area contributed by atoms with E-state index in [9.17, 15) is 13.2 Å². The lowest BCUT2D eigenvalue weighted by molar-refractivity contribution is 0.0995. The minimum absolute atomic E-state index is 0.0467. The van der Waals surface area contributed by atoms with Crippen molar-refractivity contribution in [3.8, 4) is 11.3 Å². The number of nitrogens with zero attached hydrogens (tertiary/aromatic N) is 1. The van der Waals surface area contributed by atoms with Crippen molar-refractivity contribution in [2.75, 3.05) is 5.32 Å². The molecule has 0 aliphatic rings. The molecule has 0 saturated carbocycles. The molecule has 166 valence electrons. The number of aromatic nitrogens is 2. The Hall–Kier alpha value is -3.69. The molecule has 0 bridgehead atoms. The number of aromatic amines is 1. The van der Waals surface area contributed by atoms with Crippen LogP contribution in [-0.2, 0) is 15.6 Å². The Kier molecular flexibility index (Phi) is 5.35. The van der Waals surface area contributed by atoms with Crippen LogP contribution >= 0.6 is 11.3 Å². The third-order valence-electron chi connectivity index (χ3n) is 5.28. The third kappa shape index (κ3) is 4.08. The minimum atomic E-state index is -3.62. The van der Waals surface area contributed by atoms with Crippen LogP contribution in [0.15, 0.2) is 81.6 Å². The number of carbonyl (C=O) groups is 1. The topological polar surface area (TPSA) is 105 Å². The molecule has 9 heteroatoms. The maximum atomic E-state index is 12.9. The van der Waals surface area contributed by atoms with E-state index in [-0.39, 0.29) is 16.4 Å². The van der Waals surface area contributed by atoms with Gasteiger partial charge < -0.3 is 9.40 Å². The Morgan fingerprint density at radius 1 is 1.09 bits per heavy atom. The van der Waals surface area contributed by atoms with E-state index < -0.39 is 15.7 Å². The molecule has 1 amide bonds. The zero-order chi connectivity index (χ0) is 23.0. The number of benzene rings is 2. The standard InChI is InChI=1S/C24H19N3O4S2/c1-15-21(18-9-5-6-10-19(18)25-15)20-13-32-24(26-20)27-23(28)22-16(11-12-31-22)14-33(29,30)17-7-3-2-4-8-17/h2-13,25H,14H2,1H3,(H,26,27,28). The van der Waals surface area contributed by atoms with Crippen LogP contribution < -0.4 is 5.32 Å². The number of hydrogen-bond donors (Lipinski definition) is 2. The highest BCUT2D eigenvalue weighted by Crippen LogP contribution is 2.34. The summed E-state index contributed by atoms with van der Waals surface area (Å²) in [6, 6.07) is 17.6. The fourth-order valence-electron chi connectivity index (χ4n) is 3.77. The van der Waals surface area contributed by atoms with Gasteiger partial charge >= 0.3 is 0 Å². The Balaban J connectivity index is 1.37. The fraction of sp³-hybridized carbons (Fsp3) is 0.0833. The number of sulfone groups is 1. The Morgan fingerprint density at radius 3 is 2.67 bits per heavy atom. The zero-order valence-electron chi connectivity index (χ0n) is 17.5. The van der Waals surface area contributed by atoms with Gasteiger partial charge in [0.05, 0.1) is 22.6 Å². The third-order valence-corrected chi connectivity index (χ3v) is 7.71. The average molecular weight is 478 g/mol. The van der Waals surface area contributed by atoms with Crippen LogP contribution in [-0.4, -0.2) is 24.3 Å². The van der Waals surface area contributed by atoms with Gasteiger partial charge in [-0.25, -0.2) is 13.4 Å². The highest BCUT2D eigenvalue weighted by Gasteiger charge is 2.23. The number of nitrogens with one attached hydrogen (secondary N) is 2. The number of hydrogen-bond acceptors (Lipinski definition) is 6. The summed E-state index contributed by atoms with van der Waals surface area (Å²) in [6.45, 7) is 1.98. The summed E-state index contributed by atoms with van der Waals surface area (Å²) in [4.78, 5) is 21.0. The van der Waals surface area contributed by atoms with Crippen LogP contribution in [0.25, 0.3) is 22.2 Å². The van der Waals surface area contributed by atoms with Crippen molar-refractivity contribution in [2.24, 2.45) is 0 Å². The second-order valence-corrected chi connectivity index (χ2v) is 10.4. The largest absolute Gasteiger partial charge is 0.459 e. The number of carbonyl (C=O) groups excluding carboxylic acids is 1. The van der Waals surface area contributed by atoms with E-state index in [1.165, 1.54) is 35.8 Å². The molecule has 5 rings (SSSR count). The number of thiazole rings is 1. The van der Waals surface area contributed by atoms with Gasteiger partial charge in [-0.2, -0.15) is 0 Å². The lowest BCUT2D eigenvalue weighted by Gasteiger charge is -2.05. The fourth-order valence-corrected chi connectivity index (χ4v) is 5.84. The molecule has 33 heavy (non-hydrogen) atoms. The summed E-state index contributed by atoms with van der Waals surface area (Å²) in [5, 5.41) is 6.06. The van der Waals surface area contributed by atoms with E-state index in [1.807, 2.05) is 36.6 Å². The molecular formula is C24H19N3O4S2. The van der Waals surface area contributed by atoms with Gasteiger partial charge in [0.2, 0.25) is 0 Å². The summed E-state index contributed by atoms with van der Waals surface area (Å²) < 4.78 is 30.8. The number of H-pyrrole nitrogens is 1. The normalized spacial score (nSPS) is 11.7. The second-order valence-electron chi connectivity index (χ2n) is 7.51. The van der Waals surface area contributed by atoms with E-state index in [0.717, 1.165) is 27.9 Å². The number of amides is 1. The number of fused-ring (bicyclic) bond motifs is 1. The van der Waals surface area contributed by atoms with Gasteiger partial charge in [0, 0.05) is 33.1 Å². The lowest BCUT2D eigenvalue weighted by Crippen LogP contribution is -2.14. The van der Waals surface area contributed by atoms with Gasteiger partial charge in [-0.05, 0) is 31.2 Å². The Labute approximate surface area is 194 Å². The van der Waals surface area contributed by atoms with Crippen molar-refractivity contribution in [3.63, 3.8) is 0 Å². The van der Waals surface area contributed by atoms with Crippen LogP contribution in [0.4, 0.5) is 5.13 Å². The predicted octanol–water partition coefficient (Wildman–Crippen LogP) is 5.42. The van der Waals surface area contributed by atoms with Crippen molar-refractivity contribution in [1.82, 2.24) is 9.97 Å². The monoisotopic (exact) mass is 477 g/mol. The number of rotatable bonds is 6. The van der Waals surface area contributed by atoms with Gasteiger partial charge in [-0.15, -0.1) is 11.3 Å². The molecule has 0 aliphatic carbocycles. The molecule has 0 unspecified atom stereocenters. The number of aryl methyl sites for hydroxylation is 1. The summed E-state index contributed by atoms with van der Waals surface area (Å²) in [5.41, 5.74) is 4.02. The minimum Gasteiger partial charge on any atom is -0.459 e. The van der Waals surface area contributed by atoms with E-state index in [4.69, 9.17) is 4.42 Å². The molecule has 3 aromatic heterocycles. The van der Waals surface area contributed by atoms with Crippen LogP contribution in [0.2, 0.25) is 0 Å². The van der Waals surface area contributed by atoms with Gasteiger partial charge in [0.1, 0.15) is 0 Å². The molecule has 5 aromatic rings. The first-order valence-corrected chi connectivity index (χ1v) is 12.6. The summed E-state index contributed by atoms with van der Waals surface area (Å²) in [6.07, 6.45) is 1.31. The number of anilines is 1. The van der Waals surface area contributed by atoms with E-state index in [0.29, 0.717) is 10.7 Å². The van der Waals surface area contributed by atoms with Gasteiger partial charge in [-0.1, -0.05) is 36.4 Å². The molecule has 0 aliphatic heterocycles. The van der Waals surface area contributed by atoms with Crippen LogP contribution in [0.3, 0.4) is 0 Å². The highest BCUT2D eigenvalue weighted by atomic mass is 32.2. The number of furan rings is 1. The predicted molar refractivity (Wildman–Crippen MR) is 128 cm³/mol. The van der Waals surface area contributed by atoms with Crippen molar-refractivity contribution in [2.45, 2.75) is 17.6 Å². The Morgan fingerprint density at radius 2 is 1.85 bits per heavy atom. The average Bonchev–Trinajstić information content (AvgIpc) is 3.52. The molecule has 0 atom stereocenters. The molecule has 0 fully saturated rings. The molecule has 2 aromatic carbocycles. The molecule has 3 heterocycles. The van der Waals surface area contributed by atoms with E-state index in [1.54, 1.807) is 18.2 Å². The quantitative estimate of drug-likeness (QED) is 0.340. The van der Waals surface area contributed by atoms with Crippen molar-refractivity contribution in [3.05, 3.63) is 89.3 Å². The van der Waals surface area contributed by atoms with E-state index >= 15 is 0 Å². The van der Waals surface area contributed by atoms with Crippen molar-refractivity contribution < 1.29 is 17.6 Å². The van der Waals surface area contributed by atoms with Crippen LogP contribution in [0.1, 0.15) is 21.8 Å². The van der Waals surface area contributed by atoms with Crippen molar-refractivity contribution in [1.29, 1.82) is 0 Å².